The molecule has 0 nitrogen and oxygen atoms in total. The first kappa shape index (κ1) is 15.4. The summed E-state index contributed by atoms with van der Waals surface area (Å²) in [6.07, 6.45) is 7.78. The molecular weight excluding hydrogens is 252 g/mol. The summed E-state index contributed by atoms with van der Waals surface area (Å²) < 4.78 is 0. The maximum atomic E-state index is 3.22. The van der Waals surface area contributed by atoms with Crippen LogP contribution in [-0.4, -0.2) is 0 Å². The first-order chi connectivity index (χ1) is 10.4. The molecule has 0 aliphatic carbocycles. The van der Waals surface area contributed by atoms with Crippen molar-refractivity contribution in [3.63, 3.8) is 0 Å². The van der Waals surface area contributed by atoms with Crippen LogP contribution in [0.2, 0.25) is 0 Å². The number of aryl methyl sites for hydroxylation is 1. The minimum absolute atomic E-state index is 0.991. The molecule has 0 amide bonds. The monoisotopic (exact) mass is 275 g/mol. The molecule has 0 saturated heterocycles. The molecule has 2 aromatic carbocycles. The van der Waals surface area contributed by atoms with Crippen LogP contribution in [0.5, 0.6) is 0 Å². The predicted molar refractivity (Wildman–Crippen MR) is 90.2 cm³/mol. The van der Waals surface area contributed by atoms with Crippen molar-refractivity contribution in [2.75, 3.05) is 0 Å². The maximum absolute atomic E-state index is 3.22. The fraction of sp³-hybridized carbons (Fsp3) is 0.333. The summed E-state index contributed by atoms with van der Waals surface area (Å²) >= 11 is 0. The molecule has 107 valence electrons. The molecule has 0 saturated carbocycles. The number of unbranched alkanes of at least 4 members (excludes halogenated alkanes) is 4. The van der Waals surface area contributed by atoms with Gasteiger partial charge in [-0.2, -0.15) is 0 Å². The van der Waals surface area contributed by atoms with Crippen molar-refractivity contribution in [1.82, 2.24) is 0 Å². The first-order valence-electron chi connectivity index (χ1n) is 7.96. The minimum Gasteiger partial charge on any atom is -0.0654 e. The lowest BCUT2D eigenvalue weighted by Gasteiger charge is -2.02. The molecule has 0 aliphatic heterocycles. The highest BCUT2D eigenvalue weighted by molar-refractivity contribution is 5.43. The van der Waals surface area contributed by atoms with Gasteiger partial charge >= 0.3 is 0 Å². The van der Waals surface area contributed by atoms with Crippen molar-refractivity contribution < 1.29 is 0 Å². The van der Waals surface area contributed by atoms with Gasteiger partial charge in [0.15, 0.2) is 0 Å². The van der Waals surface area contributed by atoms with Gasteiger partial charge in [0.05, 0.1) is 0 Å². The van der Waals surface area contributed by atoms with E-state index in [-0.39, 0.29) is 0 Å². The Labute approximate surface area is 129 Å². The summed E-state index contributed by atoms with van der Waals surface area (Å²) in [4.78, 5) is 0. The van der Waals surface area contributed by atoms with Crippen molar-refractivity contribution >= 4 is 0 Å². The Morgan fingerprint density at radius 1 is 0.905 bits per heavy atom. The zero-order valence-corrected chi connectivity index (χ0v) is 12.9. The SMILES string of the molecule is CCCCCCCc1cc[c]c(C#Cc2ccccc2)c1. The van der Waals surface area contributed by atoms with Crippen LogP contribution in [0.1, 0.15) is 55.7 Å². The predicted octanol–water partition coefficient (Wildman–Crippen LogP) is 5.40. The van der Waals surface area contributed by atoms with Gasteiger partial charge in [0.25, 0.3) is 0 Å². The fourth-order valence-electron chi connectivity index (χ4n) is 2.33. The number of hydrogen-bond donors (Lipinski definition) is 0. The number of hydrogen-bond acceptors (Lipinski definition) is 0. The highest BCUT2D eigenvalue weighted by atomic mass is 14.0. The van der Waals surface area contributed by atoms with Gasteiger partial charge in [-0.25, -0.2) is 0 Å². The molecule has 2 aromatic rings. The Morgan fingerprint density at radius 3 is 2.52 bits per heavy atom. The van der Waals surface area contributed by atoms with Gasteiger partial charge in [0.2, 0.25) is 0 Å². The Balaban J connectivity index is 1.91. The summed E-state index contributed by atoms with van der Waals surface area (Å²) in [5.74, 6) is 6.40. The molecule has 1 radical (unpaired) electrons. The highest BCUT2D eigenvalue weighted by Crippen LogP contribution is 2.10. The smallest absolute Gasteiger partial charge is 0.0330 e. The van der Waals surface area contributed by atoms with Gasteiger partial charge in [-0.3, -0.25) is 0 Å². The van der Waals surface area contributed by atoms with Gasteiger partial charge in [-0.05, 0) is 42.7 Å². The van der Waals surface area contributed by atoms with Gasteiger partial charge in [0.1, 0.15) is 0 Å². The van der Waals surface area contributed by atoms with Gasteiger partial charge in [-0.1, -0.05) is 74.8 Å². The third-order valence-electron chi connectivity index (χ3n) is 3.55. The third-order valence-corrected chi connectivity index (χ3v) is 3.55. The number of benzene rings is 2. The van der Waals surface area contributed by atoms with E-state index in [1.165, 1.54) is 37.7 Å². The molecule has 0 atom stereocenters. The van der Waals surface area contributed by atoms with Crippen LogP contribution in [0.3, 0.4) is 0 Å². The largest absolute Gasteiger partial charge is 0.0654 e. The summed E-state index contributed by atoms with van der Waals surface area (Å²) in [6, 6.07) is 19.7. The molecule has 0 N–H and O–H groups in total. The average Bonchev–Trinajstić information content (AvgIpc) is 2.54. The molecule has 0 bridgehead atoms. The molecule has 0 fully saturated rings. The summed E-state index contributed by atoms with van der Waals surface area (Å²) in [7, 11) is 0. The van der Waals surface area contributed by atoms with E-state index in [0.717, 1.165) is 17.5 Å². The summed E-state index contributed by atoms with van der Waals surface area (Å²) in [5, 5.41) is 0. The molecule has 0 heteroatoms. The van der Waals surface area contributed by atoms with Crippen molar-refractivity contribution in [1.29, 1.82) is 0 Å². The molecule has 0 aliphatic rings. The van der Waals surface area contributed by atoms with Crippen LogP contribution in [0, 0.1) is 17.9 Å². The third kappa shape index (κ3) is 5.88. The Bertz CT molecular complexity index is 584. The van der Waals surface area contributed by atoms with E-state index in [1.54, 1.807) is 0 Å². The molecule has 21 heavy (non-hydrogen) atoms. The second kappa shape index (κ2) is 9.03. The Kier molecular flexibility index (Phi) is 6.62. The second-order valence-electron chi connectivity index (χ2n) is 5.39. The van der Waals surface area contributed by atoms with Crippen LogP contribution in [0.25, 0.3) is 0 Å². The lowest BCUT2D eigenvalue weighted by Crippen LogP contribution is -1.87. The van der Waals surface area contributed by atoms with Gasteiger partial charge < -0.3 is 0 Å². The van der Waals surface area contributed by atoms with Crippen molar-refractivity contribution in [2.45, 2.75) is 45.4 Å². The molecule has 0 unspecified atom stereocenters. The van der Waals surface area contributed by atoms with E-state index in [9.17, 15) is 0 Å². The van der Waals surface area contributed by atoms with Crippen molar-refractivity contribution in [2.24, 2.45) is 0 Å². The molecule has 0 spiro atoms. The molecule has 0 aromatic heterocycles. The lowest BCUT2D eigenvalue weighted by molar-refractivity contribution is 0.632. The first-order valence-corrected chi connectivity index (χ1v) is 7.96. The van der Waals surface area contributed by atoms with Crippen LogP contribution < -0.4 is 0 Å². The zero-order chi connectivity index (χ0) is 14.8. The van der Waals surface area contributed by atoms with Gasteiger partial charge in [0, 0.05) is 11.1 Å². The van der Waals surface area contributed by atoms with Crippen molar-refractivity contribution in [3.05, 3.63) is 71.3 Å². The van der Waals surface area contributed by atoms with Crippen LogP contribution in [0.4, 0.5) is 0 Å². The lowest BCUT2D eigenvalue weighted by atomic mass is 10.0. The van der Waals surface area contributed by atoms with Crippen LogP contribution in [-0.2, 0) is 6.42 Å². The van der Waals surface area contributed by atoms with Gasteiger partial charge in [-0.15, -0.1) is 0 Å². The number of rotatable bonds is 6. The average molecular weight is 275 g/mol. The quantitative estimate of drug-likeness (QED) is 0.489. The van der Waals surface area contributed by atoms with Crippen molar-refractivity contribution in [3.8, 4) is 11.8 Å². The normalized spacial score (nSPS) is 9.95. The van der Waals surface area contributed by atoms with E-state index >= 15 is 0 Å². The van der Waals surface area contributed by atoms with E-state index in [0.29, 0.717) is 0 Å². The molecule has 0 heterocycles. The minimum atomic E-state index is 0.991. The highest BCUT2D eigenvalue weighted by Gasteiger charge is 1.95. The Hall–Kier alpha value is -2.00. The van der Waals surface area contributed by atoms with Crippen LogP contribution >= 0.6 is 0 Å². The zero-order valence-electron chi connectivity index (χ0n) is 12.9. The second-order valence-corrected chi connectivity index (χ2v) is 5.39. The molecule has 2 rings (SSSR count). The Morgan fingerprint density at radius 2 is 1.71 bits per heavy atom. The van der Waals surface area contributed by atoms with E-state index < -0.39 is 0 Å². The fourth-order valence-corrected chi connectivity index (χ4v) is 2.33. The van der Waals surface area contributed by atoms with E-state index in [2.05, 4.69) is 37.0 Å². The molecular formula is C21H23. The topological polar surface area (TPSA) is 0 Å². The maximum Gasteiger partial charge on any atom is 0.0330 e. The summed E-state index contributed by atoms with van der Waals surface area (Å²) in [5.41, 5.74) is 3.42. The summed E-state index contributed by atoms with van der Waals surface area (Å²) in [6.45, 7) is 2.25. The van der Waals surface area contributed by atoms with E-state index in [4.69, 9.17) is 0 Å². The van der Waals surface area contributed by atoms with E-state index in [1.807, 2.05) is 36.4 Å². The standard InChI is InChI=1S/C21H23/c1-2-3-4-5-7-13-20-14-10-15-21(18-20)17-16-19-11-8-6-9-12-19/h6,8-12,14,18H,2-5,7,13H2,1H3. The van der Waals surface area contributed by atoms with Crippen LogP contribution in [0.15, 0.2) is 48.5 Å².